The molecule has 6 heteroatoms. The predicted molar refractivity (Wildman–Crippen MR) is 113 cm³/mol. The van der Waals surface area contributed by atoms with Crippen molar-refractivity contribution in [3.63, 3.8) is 0 Å². The fraction of sp³-hybridized carbons (Fsp3) is 0.696. The molecule has 0 bridgehead atoms. The normalized spacial score (nSPS) is 28.5. The van der Waals surface area contributed by atoms with Crippen LogP contribution in [0.2, 0.25) is 0 Å². The number of hydrogen-bond acceptors (Lipinski definition) is 5. The van der Waals surface area contributed by atoms with Crippen molar-refractivity contribution in [3.8, 4) is 5.75 Å². The van der Waals surface area contributed by atoms with Crippen LogP contribution in [-0.2, 0) is 0 Å². The number of aliphatic hydroxyl groups is 1. The van der Waals surface area contributed by atoms with Crippen LogP contribution in [0, 0.1) is 0 Å². The fourth-order valence-corrected chi connectivity index (χ4v) is 5.06. The molecular formula is C23H35N3O3. The minimum Gasteiger partial charge on any atom is -0.492 e. The van der Waals surface area contributed by atoms with Gasteiger partial charge < -0.3 is 15.2 Å². The van der Waals surface area contributed by atoms with Crippen molar-refractivity contribution in [2.75, 3.05) is 39.3 Å². The van der Waals surface area contributed by atoms with Crippen molar-refractivity contribution < 1.29 is 14.6 Å². The maximum atomic E-state index is 12.8. The van der Waals surface area contributed by atoms with Crippen LogP contribution in [0.15, 0.2) is 24.3 Å². The van der Waals surface area contributed by atoms with E-state index < -0.39 is 6.10 Å². The molecule has 29 heavy (non-hydrogen) atoms. The summed E-state index contributed by atoms with van der Waals surface area (Å²) >= 11 is 0. The van der Waals surface area contributed by atoms with Gasteiger partial charge in [0.25, 0.3) is 5.91 Å². The van der Waals surface area contributed by atoms with E-state index in [0.29, 0.717) is 12.2 Å². The lowest BCUT2D eigenvalue weighted by molar-refractivity contribution is 0.00703. The third kappa shape index (κ3) is 5.30. The molecule has 0 spiro atoms. The first-order chi connectivity index (χ1) is 14.2. The van der Waals surface area contributed by atoms with Crippen LogP contribution >= 0.6 is 0 Å². The standard InChI is InChI=1S/C23H35N3O3/c27-22-20(9-6-10-21(22)26-13-3-4-14-26)24-23(28)18-7-5-8-19(17-18)29-16-15-25-11-1-2-12-25/h5,7-8,17,20-22,27H,1-4,6,9-16H2,(H,24,28)/t20-,21-,22-/m1/s1. The molecule has 3 fully saturated rings. The minimum absolute atomic E-state index is 0.124. The monoisotopic (exact) mass is 401 g/mol. The number of hydrogen-bond donors (Lipinski definition) is 2. The molecule has 0 radical (unpaired) electrons. The Bertz CT molecular complexity index is 671. The first-order valence-corrected chi connectivity index (χ1v) is 11.4. The van der Waals surface area contributed by atoms with Crippen molar-refractivity contribution in [1.29, 1.82) is 0 Å². The van der Waals surface area contributed by atoms with Crippen LogP contribution in [0.1, 0.15) is 55.3 Å². The van der Waals surface area contributed by atoms with Crippen LogP contribution in [0.3, 0.4) is 0 Å². The van der Waals surface area contributed by atoms with E-state index in [9.17, 15) is 9.90 Å². The number of rotatable bonds is 7. The van der Waals surface area contributed by atoms with Gasteiger partial charge in [0.15, 0.2) is 0 Å². The highest BCUT2D eigenvalue weighted by atomic mass is 16.5. The summed E-state index contributed by atoms with van der Waals surface area (Å²) < 4.78 is 5.88. The second-order valence-corrected chi connectivity index (χ2v) is 8.74. The van der Waals surface area contributed by atoms with Gasteiger partial charge in [-0.1, -0.05) is 6.07 Å². The summed E-state index contributed by atoms with van der Waals surface area (Å²) in [7, 11) is 0. The molecule has 1 aromatic carbocycles. The van der Waals surface area contributed by atoms with E-state index in [-0.39, 0.29) is 18.0 Å². The molecule has 1 saturated carbocycles. The fourth-order valence-electron chi connectivity index (χ4n) is 5.06. The van der Waals surface area contributed by atoms with Crippen LogP contribution in [0.5, 0.6) is 5.75 Å². The van der Waals surface area contributed by atoms with E-state index in [2.05, 4.69) is 15.1 Å². The van der Waals surface area contributed by atoms with Gasteiger partial charge in [0.2, 0.25) is 0 Å². The number of ether oxygens (including phenoxy) is 1. The van der Waals surface area contributed by atoms with Gasteiger partial charge in [-0.05, 0) is 89.3 Å². The second kappa shape index (κ2) is 9.92. The zero-order valence-corrected chi connectivity index (χ0v) is 17.4. The maximum Gasteiger partial charge on any atom is 0.251 e. The molecule has 4 rings (SSSR count). The smallest absolute Gasteiger partial charge is 0.251 e. The van der Waals surface area contributed by atoms with Gasteiger partial charge in [0, 0.05) is 18.2 Å². The van der Waals surface area contributed by atoms with Crippen LogP contribution in [0.4, 0.5) is 0 Å². The zero-order chi connectivity index (χ0) is 20.1. The van der Waals surface area contributed by atoms with Crippen LogP contribution in [-0.4, -0.2) is 78.3 Å². The van der Waals surface area contributed by atoms with Gasteiger partial charge in [-0.3, -0.25) is 14.6 Å². The molecule has 1 aromatic rings. The van der Waals surface area contributed by atoms with E-state index in [1.165, 1.54) is 25.7 Å². The highest BCUT2D eigenvalue weighted by molar-refractivity contribution is 5.94. The van der Waals surface area contributed by atoms with Gasteiger partial charge in [-0.25, -0.2) is 0 Å². The van der Waals surface area contributed by atoms with Crippen LogP contribution < -0.4 is 10.1 Å². The van der Waals surface area contributed by atoms with E-state index in [1.807, 2.05) is 24.3 Å². The van der Waals surface area contributed by atoms with Crippen molar-refractivity contribution in [3.05, 3.63) is 29.8 Å². The summed E-state index contributed by atoms with van der Waals surface area (Å²) in [6.45, 7) is 6.03. The molecular weight excluding hydrogens is 366 g/mol. The molecule has 2 aliphatic heterocycles. The number of carbonyl (C=O) groups is 1. The van der Waals surface area contributed by atoms with Gasteiger partial charge in [0.05, 0.1) is 12.1 Å². The number of aliphatic hydroxyl groups excluding tert-OH is 1. The Labute approximate surface area is 174 Å². The molecule has 3 atom stereocenters. The second-order valence-electron chi connectivity index (χ2n) is 8.74. The molecule has 2 N–H and O–H groups in total. The van der Waals surface area contributed by atoms with Crippen molar-refractivity contribution in [2.24, 2.45) is 0 Å². The highest BCUT2D eigenvalue weighted by Gasteiger charge is 2.37. The molecule has 2 heterocycles. The third-order valence-corrected chi connectivity index (χ3v) is 6.72. The maximum absolute atomic E-state index is 12.8. The largest absolute Gasteiger partial charge is 0.492 e. The van der Waals surface area contributed by atoms with Crippen molar-refractivity contribution >= 4 is 5.91 Å². The summed E-state index contributed by atoms with van der Waals surface area (Å²) in [5.41, 5.74) is 0.596. The SMILES string of the molecule is O=C(N[C@@H]1CCC[C@@H](N2CCCC2)[C@@H]1O)c1cccc(OCCN2CCCC2)c1. The number of likely N-dealkylation sites (tertiary alicyclic amines) is 2. The average Bonchev–Trinajstić information content (AvgIpc) is 3.44. The summed E-state index contributed by atoms with van der Waals surface area (Å²) in [6, 6.07) is 7.39. The summed E-state index contributed by atoms with van der Waals surface area (Å²) in [5.74, 6) is 0.608. The lowest BCUT2D eigenvalue weighted by atomic mass is 9.87. The molecule has 160 valence electrons. The number of carbonyl (C=O) groups excluding carboxylic acids is 1. The molecule has 6 nitrogen and oxygen atoms in total. The lowest BCUT2D eigenvalue weighted by Crippen LogP contribution is -2.56. The Morgan fingerprint density at radius 1 is 1.07 bits per heavy atom. The molecule has 3 aliphatic rings. The predicted octanol–water partition coefficient (Wildman–Crippen LogP) is 2.27. The lowest BCUT2D eigenvalue weighted by Gasteiger charge is -2.40. The van der Waals surface area contributed by atoms with E-state index in [0.717, 1.165) is 57.7 Å². The molecule has 1 amide bonds. The summed E-state index contributed by atoms with van der Waals surface area (Å²) in [4.78, 5) is 17.6. The first kappa shape index (κ1) is 20.6. The number of nitrogens with one attached hydrogen (secondary N) is 1. The number of amides is 1. The Morgan fingerprint density at radius 3 is 2.62 bits per heavy atom. The van der Waals surface area contributed by atoms with Crippen LogP contribution in [0.25, 0.3) is 0 Å². The quantitative estimate of drug-likeness (QED) is 0.734. The van der Waals surface area contributed by atoms with Crippen molar-refractivity contribution in [1.82, 2.24) is 15.1 Å². The van der Waals surface area contributed by atoms with Crippen molar-refractivity contribution in [2.45, 2.75) is 63.1 Å². The Hall–Kier alpha value is -1.63. The average molecular weight is 402 g/mol. The van der Waals surface area contributed by atoms with Gasteiger partial charge >= 0.3 is 0 Å². The molecule has 1 aliphatic carbocycles. The van der Waals surface area contributed by atoms with Gasteiger partial charge in [-0.2, -0.15) is 0 Å². The highest BCUT2D eigenvalue weighted by Crippen LogP contribution is 2.27. The third-order valence-electron chi connectivity index (χ3n) is 6.72. The first-order valence-electron chi connectivity index (χ1n) is 11.4. The zero-order valence-electron chi connectivity index (χ0n) is 17.4. The van der Waals surface area contributed by atoms with Gasteiger partial charge in [-0.15, -0.1) is 0 Å². The summed E-state index contributed by atoms with van der Waals surface area (Å²) in [6.07, 6.45) is 7.39. The van der Waals surface area contributed by atoms with Gasteiger partial charge in [0.1, 0.15) is 12.4 Å². The Morgan fingerprint density at radius 2 is 1.83 bits per heavy atom. The Kier molecular flexibility index (Phi) is 7.06. The van der Waals surface area contributed by atoms with E-state index >= 15 is 0 Å². The Balaban J connectivity index is 1.30. The molecule has 0 aromatic heterocycles. The number of benzene rings is 1. The van der Waals surface area contributed by atoms with E-state index in [1.54, 1.807) is 0 Å². The molecule has 0 unspecified atom stereocenters. The molecule has 2 saturated heterocycles. The van der Waals surface area contributed by atoms with E-state index in [4.69, 9.17) is 4.74 Å². The number of nitrogens with zero attached hydrogens (tertiary/aromatic N) is 2. The minimum atomic E-state index is -0.495. The summed E-state index contributed by atoms with van der Waals surface area (Å²) in [5, 5.41) is 14.0. The topological polar surface area (TPSA) is 65.0 Å².